The average Bonchev–Trinajstić information content (AvgIpc) is 2.82. The molecule has 1 aliphatic heterocycles. The van der Waals surface area contributed by atoms with Gasteiger partial charge < -0.3 is 35.2 Å². The number of carboxylic acids is 1. The Hall–Kier alpha value is -2.34. The van der Waals surface area contributed by atoms with Crippen molar-refractivity contribution in [2.45, 2.75) is 49.5 Å². The Morgan fingerprint density at radius 3 is 2.58 bits per heavy atom. The fraction of sp³-hybridized carbons (Fsp3) is 0.435. The van der Waals surface area contributed by atoms with Gasteiger partial charge in [0.1, 0.15) is 12.0 Å². The maximum atomic E-state index is 11.7. The third-order valence-corrected chi connectivity index (χ3v) is 5.60. The second kappa shape index (κ2) is 14.0. The maximum Gasteiger partial charge on any atom is 0.335 e. The van der Waals surface area contributed by atoms with Crippen LogP contribution in [0.2, 0.25) is 0 Å². The first kappa shape index (κ1) is 26.9. The number of carboxylic acid groups (broad SMARTS) is 1. The van der Waals surface area contributed by atoms with Gasteiger partial charge in [0.15, 0.2) is 5.75 Å². The molecule has 0 aromatic heterocycles. The van der Waals surface area contributed by atoms with Crippen LogP contribution in [0.25, 0.3) is 0 Å². The maximum absolute atomic E-state index is 11.7. The lowest BCUT2D eigenvalue weighted by Crippen LogP contribution is -2.47. The zero-order valence-corrected chi connectivity index (χ0v) is 19.5. The zero-order valence-electron chi connectivity index (χ0n) is 18.7. The SMILES string of the molecule is CCCCNc1cc(C(=O)O)cc(SNC2OCC(O)CC2O)c1Oc1ccccc1.CO. The average molecular weight is 481 g/mol. The van der Waals surface area contributed by atoms with E-state index in [9.17, 15) is 20.1 Å². The van der Waals surface area contributed by atoms with Crippen LogP contribution in [0.4, 0.5) is 5.69 Å². The number of para-hydroxylation sites is 1. The Bertz CT molecular complexity index is 869. The minimum absolute atomic E-state index is 0.113. The summed E-state index contributed by atoms with van der Waals surface area (Å²) in [5.74, 6) is 0.0434. The number of aliphatic hydroxyl groups excluding tert-OH is 3. The summed E-state index contributed by atoms with van der Waals surface area (Å²) in [5.41, 5.74) is 0.686. The summed E-state index contributed by atoms with van der Waals surface area (Å²) in [5, 5.41) is 39.6. The first-order valence-electron chi connectivity index (χ1n) is 10.7. The molecule has 0 radical (unpaired) electrons. The topological polar surface area (TPSA) is 141 Å². The molecule has 182 valence electrons. The van der Waals surface area contributed by atoms with Gasteiger partial charge in [-0.15, -0.1) is 0 Å². The first-order valence-corrected chi connectivity index (χ1v) is 11.5. The van der Waals surface area contributed by atoms with E-state index in [0.717, 1.165) is 31.9 Å². The van der Waals surface area contributed by atoms with Crippen LogP contribution in [0, 0.1) is 0 Å². The Kier molecular flexibility index (Phi) is 11.4. The normalized spacial score (nSPS) is 19.8. The summed E-state index contributed by atoms with van der Waals surface area (Å²) >= 11 is 1.12. The predicted molar refractivity (Wildman–Crippen MR) is 127 cm³/mol. The summed E-state index contributed by atoms with van der Waals surface area (Å²) in [7, 11) is 1.00. The van der Waals surface area contributed by atoms with Crippen LogP contribution < -0.4 is 14.8 Å². The molecule has 1 aliphatic rings. The summed E-state index contributed by atoms with van der Waals surface area (Å²) in [4.78, 5) is 12.2. The van der Waals surface area contributed by atoms with E-state index < -0.39 is 24.4 Å². The van der Waals surface area contributed by atoms with Gasteiger partial charge >= 0.3 is 5.97 Å². The molecule has 2 aromatic carbocycles. The van der Waals surface area contributed by atoms with Crippen molar-refractivity contribution in [2.75, 3.05) is 25.6 Å². The van der Waals surface area contributed by atoms with Gasteiger partial charge in [-0.2, -0.15) is 0 Å². The highest BCUT2D eigenvalue weighted by Crippen LogP contribution is 2.40. The van der Waals surface area contributed by atoms with Crippen molar-refractivity contribution in [3.8, 4) is 11.5 Å². The van der Waals surface area contributed by atoms with Crippen molar-refractivity contribution >= 4 is 23.6 Å². The molecule has 1 fully saturated rings. The standard InChI is InChI=1S/C22H28N2O6S.CH4O/c1-2-3-9-23-17-10-14(22(27)28)11-19(20(17)30-16-7-5-4-6-8-16)31-24-21-18(26)12-15(25)13-29-21;1-2/h4-8,10-11,15,18,21,23-26H,2-3,9,12-13H2,1H3,(H,27,28);2H,1H3. The first-order chi connectivity index (χ1) is 16.0. The summed E-state index contributed by atoms with van der Waals surface area (Å²) < 4.78 is 14.6. The van der Waals surface area contributed by atoms with Crippen LogP contribution in [0.5, 0.6) is 11.5 Å². The molecular weight excluding hydrogens is 448 g/mol. The molecule has 0 saturated carbocycles. The van der Waals surface area contributed by atoms with Crippen LogP contribution in [-0.4, -0.2) is 65.1 Å². The fourth-order valence-corrected chi connectivity index (χ4v) is 3.97. The molecule has 6 N–H and O–H groups in total. The molecule has 9 nitrogen and oxygen atoms in total. The van der Waals surface area contributed by atoms with Crippen molar-refractivity contribution < 1.29 is 34.7 Å². The number of nitrogens with one attached hydrogen (secondary N) is 2. The molecule has 0 amide bonds. The fourth-order valence-electron chi connectivity index (χ4n) is 3.07. The number of aromatic carboxylic acids is 1. The number of hydrogen-bond acceptors (Lipinski definition) is 9. The summed E-state index contributed by atoms with van der Waals surface area (Å²) in [6.07, 6.45) is -0.188. The second-order valence-electron chi connectivity index (χ2n) is 7.28. The molecule has 2 aromatic rings. The van der Waals surface area contributed by atoms with E-state index in [1.54, 1.807) is 6.07 Å². The highest BCUT2D eigenvalue weighted by atomic mass is 32.2. The van der Waals surface area contributed by atoms with E-state index in [1.165, 1.54) is 6.07 Å². The number of rotatable bonds is 10. The van der Waals surface area contributed by atoms with E-state index in [-0.39, 0.29) is 18.6 Å². The van der Waals surface area contributed by atoms with Gasteiger partial charge in [0, 0.05) is 20.1 Å². The second-order valence-corrected chi connectivity index (χ2v) is 8.16. The molecule has 10 heteroatoms. The predicted octanol–water partition coefficient (Wildman–Crippen LogP) is 3.06. The Morgan fingerprint density at radius 2 is 1.94 bits per heavy atom. The minimum atomic E-state index is -1.05. The molecule has 1 saturated heterocycles. The van der Waals surface area contributed by atoms with Crippen molar-refractivity contribution in [3.05, 3.63) is 48.0 Å². The largest absolute Gasteiger partial charge is 0.478 e. The highest BCUT2D eigenvalue weighted by molar-refractivity contribution is 7.97. The van der Waals surface area contributed by atoms with Gasteiger partial charge in [-0.1, -0.05) is 31.5 Å². The number of anilines is 1. The van der Waals surface area contributed by atoms with Gasteiger partial charge in [-0.25, -0.2) is 9.52 Å². The Balaban J connectivity index is 0.00000187. The minimum Gasteiger partial charge on any atom is -0.478 e. The lowest BCUT2D eigenvalue weighted by atomic mass is 10.1. The van der Waals surface area contributed by atoms with E-state index in [1.807, 2.05) is 30.3 Å². The molecular formula is C23H32N2O7S. The quantitative estimate of drug-likeness (QED) is 0.222. The lowest BCUT2D eigenvalue weighted by Gasteiger charge is -2.31. The molecule has 0 bridgehead atoms. The van der Waals surface area contributed by atoms with Gasteiger partial charge in [0.25, 0.3) is 0 Å². The van der Waals surface area contributed by atoms with Crippen molar-refractivity contribution in [1.29, 1.82) is 0 Å². The van der Waals surface area contributed by atoms with Gasteiger partial charge in [0.05, 0.1) is 35.0 Å². The van der Waals surface area contributed by atoms with Gasteiger partial charge in [-0.05, 0) is 42.6 Å². The molecule has 1 heterocycles. The highest BCUT2D eigenvalue weighted by Gasteiger charge is 2.29. The molecule has 0 spiro atoms. The van der Waals surface area contributed by atoms with E-state index in [4.69, 9.17) is 14.6 Å². The number of ether oxygens (including phenoxy) is 2. The molecule has 3 rings (SSSR count). The van der Waals surface area contributed by atoms with Crippen molar-refractivity contribution in [3.63, 3.8) is 0 Å². The molecule has 33 heavy (non-hydrogen) atoms. The van der Waals surface area contributed by atoms with Crippen LogP contribution in [0.3, 0.4) is 0 Å². The molecule has 0 aliphatic carbocycles. The summed E-state index contributed by atoms with van der Waals surface area (Å²) in [6, 6.07) is 12.3. The van der Waals surface area contributed by atoms with Crippen molar-refractivity contribution in [1.82, 2.24) is 4.72 Å². The molecule has 3 atom stereocenters. The number of aliphatic hydroxyl groups is 3. The third kappa shape index (κ3) is 8.18. The number of unbranched alkanes of at least 4 members (excludes halogenated alkanes) is 1. The van der Waals surface area contributed by atoms with E-state index >= 15 is 0 Å². The van der Waals surface area contributed by atoms with Crippen LogP contribution in [0.15, 0.2) is 47.4 Å². The lowest BCUT2D eigenvalue weighted by molar-refractivity contribution is -0.125. The van der Waals surface area contributed by atoms with E-state index in [0.29, 0.717) is 28.6 Å². The zero-order chi connectivity index (χ0) is 24.2. The molecule has 3 unspecified atom stereocenters. The summed E-state index contributed by atoms with van der Waals surface area (Å²) in [6.45, 7) is 2.86. The Morgan fingerprint density at radius 1 is 1.21 bits per heavy atom. The van der Waals surface area contributed by atoms with Crippen LogP contribution >= 0.6 is 11.9 Å². The van der Waals surface area contributed by atoms with Gasteiger partial charge in [-0.3, -0.25) is 0 Å². The number of hydrogen-bond donors (Lipinski definition) is 6. The monoisotopic (exact) mass is 480 g/mol. The number of carbonyl (C=O) groups is 1. The van der Waals surface area contributed by atoms with Crippen LogP contribution in [0.1, 0.15) is 36.5 Å². The van der Waals surface area contributed by atoms with Crippen molar-refractivity contribution in [2.24, 2.45) is 0 Å². The third-order valence-electron chi connectivity index (χ3n) is 4.73. The van der Waals surface area contributed by atoms with Gasteiger partial charge in [0.2, 0.25) is 0 Å². The van der Waals surface area contributed by atoms with E-state index in [2.05, 4.69) is 17.0 Å². The number of benzene rings is 2. The smallest absolute Gasteiger partial charge is 0.335 e. The van der Waals surface area contributed by atoms with Crippen LogP contribution in [-0.2, 0) is 4.74 Å². The Labute approximate surface area is 197 Å².